The molecule has 0 fully saturated rings. The third-order valence-corrected chi connectivity index (χ3v) is 4.82. The smallest absolute Gasteiger partial charge is 0.324 e. The summed E-state index contributed by atoms with van der Waals surface area (Å²) >= 11 is 0. The molecule has 0 aliphatic carbocycles. The van der Waals surface area contributed by atoms with Gasteiger partial charge < -0.3 is 18.7 Å². The van der Waals surface area contributed by atoms with Crippen LogP contribution < -0.4 is 9.64 Å². The topological polar surface area (TPSA) is 69.2 Å². The average molecular weight is 353 g/mol. The number of aromatic nitrogens is 4. The van der Waals surface area contributed by atoms with Gasteiger partial charge in [0.05, 0.1) is 19.3 Å². The van der Waals surface area contributed by atoms with E-state index < -0.39 is 0 Å². The molecule has 0 spiro atoms. The number of methoxy groups -OCH3 is 1. The van der Waals surface area contributed by atoms with Gasteiger partial charge in [0.15, 0.2) is 0 Å². The minimum absolute atomic E-state index is 0.405. The first-order valence-corrected chi connectivity index (χ1v) is 8.84. The minimum atomic E-state index is 0.405. The molecule has 3 aromatic rings. The highest BCUT2D eigenvalue weighted by Crippen LogP contribution is 2.28. The molecule has 2 aromatic heterocycles. The molecule has 26 heavy (non-hydrogen) atoms. The molecule has 3 heterocycles. The van der Waals surface area contributed by atoms with Crippen LogP contribution in [0.3, 0.4) is 0 Å². The lowest BCUT2D eigenvalue weighted by Crippen LogP contribution is -2.31. The van der Waals surface area contributed by atoms with Crippen LogP contribution in [-0.4, -0.2) is 33.3 Å². The standard InChI is InChI=1S/C19H23N5O2/c1-12(2)18-20-15-11-24(9-8-16(15)23(18)3)19-21-17(22-26-19)13-6-5-7-14(10-13)25-4/h5-7,10,12H,8-9,11H2,1-4H3. The summed E-state index contributed by atoms with van der Waals surface area (Å²) in [5.41, 5.74) is 3.28. The van der Waals surface area contributed by atoms with Crippen molar-refractivity contribution in [1.29, 1.82) is 0 Å². The van der Waals surface area contributed by atoms with E-state index in [-0.39, 0.29) is 0 Å². The van der Waals surface area contributed by atoms with Crippen LogP contribution in [0.1, 0.15) is 37.0 Å². The Kier molecular flexibility index (Phi) is 4.14. The molecule has 0 saturated carbocycles. The van der Waals surface area contributed by atoms with Gasteiger partial charge in [0, 0.05) is 37.2 Å². The predicted octanol–water partition coefficient (Wildman–Crippen LogP) is 3.16. The monoisotopic (exact) mass is 353 g/mol. The number of nitrogens with zero attached hydrogens (tertiary/aromatic N) is 5. The fraction of sp³-hybridized carbons (Fsp3) is 0.421. The van der Waals surface area contributed by atoms with E-state index in [1.807, 2.05) is 24.3 Å². The van der Waals surface area contributed by atoms with Gasteiger partial charge in [-0.05, 0) is 12.1 Å². The van der Waals surface area contributed by atoms with Gasteiger partial charge in [-0.15, -0.1) is 0 Å². The Hall–Kier alpha value is -2.83. The molecule has 0 atom stereocenters. The van der Waals surface area contributed by atoms with Crippen molar-refractivity contribution in [3.05, 3.63) is 41.5 Å². The van der Waals surface area contributed by atoms with E-state index in [4.69, 9.17) is 14.2 Å². The van der Waals surface area contributed by atoms with Gasteiger partial charge >= 0.3 is 6.01 Å². The van der Waals surface area contributed by atoms with Gasteiger partial charge in [0.25, 0.3) is 0 Å². The maximum Gasteiger partial charge on any atom is 0.324 e. The van der Waals surface area contributed by atoms with Crippen molar-refractivity contribution in [3.8, 4) is 17.1 Å². The van der Waals surface area contributed by atoms with Crippen LogP contribution in [0, 0.1) is 0 Å². The summed E-state index contributed by atoms with van der Waals surface area (Å²) in [7, 11) is 3.74. The molecule has 0 saturated heterocycles. The van der Waals surface area contributed by atoms with E-state index in [0.717, 1.165) is 35.8 Å². The Morgan fingerprint density at radius 2 is 2.08 bits per heavy atom. The van der Waals surface area contributed by atoms with Crippen LogP contribution in [0.4, 0.5) is 6.01 Å². The number of benzene rings is 1. The zero-order valence-corrected chi connectivity index (χ0v) is 15.6. The number of ether oxygens (including phenoxy) is 1. The van der Waals surface area contributed by atoms with E-state index in [0.29, 0.717) is 24.3 Å². The third-order valence-electron chi connectivity index (χ3n) is 4.82. The van der Waals surface area contributed by atoms with Crippen molar-refractivity contribution in [2.75, 3.05) is 18.6 Å². The molecule has 0 bridgehead atoms. The summed E-state index contributed by atoms with van der Waals surface area (Å²) in [6.07, 6.45) is 0.919. The first-order chi connectivity index (χ1) is 12.6. The number of imidazole rings is 1. The van der Waals surface area contributed by atoms with Gasteiger partial charge in [-0.25, -0.2) is 4.98 Å². The first kappa shape index (κ1) is 16.6. The first-order valence-electron chi connectivity index (χ1n) is 8.84. The second kappa shape index (κ2) is 6.48. The fourth-order valence-corrected chi connectivity index (χ4v) is 3.45. The number of hydrogen-bond acceptors (Lipinski definition) is 6. The summed E-state index contributed by atoms with van der Waals surface area (Å²) in [5.74, 6) is 2.86. The third kappa shape index (κ3) is 2.83. The predicted molar refractivity (Wildman–Crippen MR) is 98.3 cm³/mol. The lowest BCUT2D eigenvalue weighted by Gasteiger charge is -2.24. The highest BCUT2D eigenvalue weighted by molar-refractivity contribution is 5.58. The quantitative estimate of drug-likeness (QED) is 0.718. The van der Waals surface area contributed by atoms with Gasteiger partial charge in [-0.1, -0.05) is 31.1 Å². The molecule has 7 nitrogen and oxygen atoms in total. The molecular formula is C19H23N5O2. The lowest BCUT2D eigenvalue weighted by molar-refractivity contribution is 0.409. The molecule has 136 valence electrons. The number of anilines is 1. The van der Waals surface area contributed by atoms with Crippen molar-refractivity contribution in [2.24, 2.45) is 7.05 Å². The molecule has 1 aliphatic heterocycles. The van der Waals surface area contributed by atoms with E-state index in [9.17, 15) is 0 Å². The fourth-order valence-electron chi connectivity index (χ4n) is 3.45. The summed E-state index contributed by atoms with van der Waals surface area (Å²) in [4.78, 5) is 11.5. The molecule has 1 aromatic carbocycles. The van der Waals surface area contributed by atoms with Crippen molar-refractivity contribution < 1.29 is 9.26 Å². The van der Waals surface area contributed by atoms with Gasteiger partial charge in [-0.2, -0.15) is 4.98 Å². The summed E-state index contributed by atoms with van der Waals surface area (Å²) in [6.45, 7) is 5.87. The van der Waals surface area contributed by atoms with Crippen LogP contribution in [0.5, 0.6) is 5.75 Å². The van der Waals surface area contributed by atoms with Crippen LogP contribution in [-0.2, 0) is 20.0 Å². The summed E-state index contributed by atoms with van der Waals surface area (Å²) < 4.78 is 13.0. The Balaban J connectivity index is 1.58. The Morgan fingerprint density at radius 3 is 2.85 bits per heavy atom. The lowest BCUT2D eigenvalue weighted by atomic mass is 10.1. The molecule has 0 amide bonds. The molecule has 0 radical (unpaired) electrons. The van der Waals surface area contributed by atoms with Crippen LogP contribution >= 0.6 is 0 Å². The van der Waals surface area contributed by atoms with Gasteiger partial charge in [0.1, 0.15) is 11.6 Å². The Morgan fingerprint density at radius 1 is 1.23 bits per heavy atom. The second-order valence-electron chi connectivity index (χ2n) is 6.88. The van der Waals surface area contributed by atoms with E-state index in [1.165, 1.54) is 5.69 Å². The van der Waals surface area contributed by atoms with Crippen LogP contribution in [0.2, 0.25) is 0 Å². The number of rotatable bonds is 4. The van der Waals surface area contributed by atoms with Crippen molar-refractivity contribution in [1.82, 2.24) is 19.7 Å². The highest BCUT2D eigenvalue weighted by Gasteiger charge is 2.26. The minimum Gasteiger partial charge on any atom is -0.497 e. The zero-order valence-electron chi connectivity index (χ0n) is 15.6. The Bertz CT molecular complexity index is 928. The van der Waals surface area contributed by atoms with Crippen molar-refractivity contribution >= 4 is 6.01 Å². The summed E-state index contributed by atoms with van der Waals surface area (Å²) in [6, 6.07) is 8.18. The SMILES string of the molecule is COc1cccc(-c2noc(N3CCc4c(nc(C(C)C)n4C)C3)n2)c1. The maximum atomic E-state index is 5.52. The van der Waals surface area contributed by atoms with Crippen molar-refractivity contribution in [2.45, 2.75) is 32.7 Å². The van der Waals surface area contributed by atoms with E-state index >= 15 is 0 Å². The van der Waals surface area contributed by atoms with Crippen LogP contribution in [0.25, 0.3) is 11.4 Å². The molecular weight excluding hydrogens is 330 g/mol. The highest BCUT2D eigenvalue weighted by atomic mass is 16.5. The van der Waals surface area contributed by atoms with Crippen molar-refractivity contribution in [3.63, 3.8) is 0 Å². The number of hydrogen-bond donors (Lipinski definition) is 0. The van der Waals surface area contributed by atoms with Gasteiger partial charge in [0.2, 0.25) is 5.82 Å². The zero-order chi connectivity index (χ0) is 18.3. The molecule has 7 heteroatoms. The second-order valence-corrected chi connectivity index (χ2v) is 6.88. The molecule has 0 unspecified atom stereocenters. The largest absolute Gasteiger partial charge is 0.497 e. The van der Waals surface area contributed by atoms with Gasteiger partial charge in [-0.3, -0.25) is 0 Å². The normalized spacial score (nSPS) is 14.0. The van der Waals surface area contributed by atoms with E-state index in [1.54, 1.807) is 7.11 Å². The summed E-state index contributed by atoms with van der Waals surface area (Å²) in [5, 5.41) is 4.14. The molecule has 4 rings (SSSR count). The average Bonchev–Trinajstić information content (AvgIpc) is 3.27. The maximum absolute atomic E-state index is 5.52. The number of fused-ring (bicyclic) bond motifs is 1. The van der Waals surface area contributed by atoms with E-state index in [2.05, 4.69) is 40.5 Å². The van der Waals surface area contributed by atoms with Crippen LogP contribution in [0.15, 0.2) is 28.8 Å². The Labute approximate surface area is 152 Å². The molecule has 1 aliphatic rings. The molecule has 0 N–H and O–H groups in total.